The number of rotatable bonds is 7. The van der Waals surface area contributed by atoms with Crippen molar-refractivity contribution in [3.63, 3.8) is 0 Å². The number of imidazole rings is 1. The van der Waals surface area contributed by atoms with Gasteiger partial charge in [0.2, 0.25) is 5.91 Å². The highest BCUT2D eigenvalue weighted by Crippen LogP contribution is 2.17. The van der Waals surface area contributed by atoms with E-state index in [0.29, 0.717) is 12.1 Å². The second kappa shape index (κ2) is 8.69. The largest absolute Gasteiger partial charge is 0.350 e. The Hall–Kier alpha value is -3.15. The SMILES string of the molecule is CCC(C)NC(=O)c1ccc(CNC(=O)C(C)n2cnc3ccccc32)cc1. The van der Waals surface area contributed by atoms with Crippen LogP contribution in [0.25, 0.3) is 11.0 Å². The van der Waals surface area contributed by atoms with Crippen LogP contribution in [0.15, 0.2) is 54.9 Å². The molecule has 3 aromatic rings. The van der Waals surface area contributed by atoms with Crippen molar-refractivity contribution in [3.8, 4) is 0 Å². The van der Waals surface area contributed by atoms with Gasteiger partial charge in [-0.25, -0.2) is 4.98 Å². The number of nitrogens with zero attached hydrogens (tertiary/aromatic N) is 2. The predicted octanol–water partition coefficient (Wildman–Crippen LogP) is 3.44. The summed E-state index contributed by atoms with van der Waals surface area (Å²) in [4.78, 5) is 29.0. The number of nitrogens with one attached hydrogen (secondary N) is 2. The highest BCUT2D eigenvalue weighted by atomic mass is 16.2. The van der Waals surface area contributed by atoms with Crippen LogP contribution in [0.2, 0.25) is 0 Å². The molecule has 2 unspecified atom stereocenters. The van der Waals surface area contributed by atoms with E-state index in [0.717, 1.165) is 23.0 Å². The molecule has 1 heterocycles. The molecule has 146 valence electrons. The van der Waals surface area contributed by atoms with Gasteiger partial charge in [-0.05, 0) is 50.1 Å². The van der Waals surface area contributed by atoms with E-state index in [1.54, 1.807) is 18.5 Å². The number of carbonyl (C=O) groups excluding carboxylic acids is 2. The summed E-state index contributed by atoms with van der Waals surface area (Å²) in [5.74, 6) is -0.160. The lowest BCUT2D eigenvalue weighted by Gasteiger charge is -2.15. The summed E-state index contributed by atoms with van der Waals surface area (Å²) in [7, 11) is 0. The minimum Gasteiger partial charge on any atom is -0.350 e. The van der Waals surface area contributed by atoms with Crippen LogP contribution >= 0.6 is 0 Å². The molecule has 2 aromatic carbocycles. The fraction of sp³-hybridized carbons (Fsp3) is 0.318. The molecular formula is C22H26N4O2. The fourth-order valence-electron chi connectivity index (χ4n) is 2.93. The maximum Gasteiger partial charge on any atom is 0.251 e. The molecule has 6 nitrogen and oxygen atoms in total. The summed E-state index contributed by atoms with van der Waals surface area (Å²) in [6.07, 6.45) is 2.58. The molecule has 0 saturated heterocycles. The highest BCUT2D eigenvalue weighted by molar-refractivity contribution is 5.94. The maximum absolute atomic E-state index is 12.6. The highest BCUT2D eigenvalue weighted by Gasteiger charge is 2.17. The first-order valence-corrected chi connectivity index (χ1v) is 9.58. The quantitative estimate of drug-likeness (QED) is 0.661. The van der Waals surface area contributed by atoms with Gasteiger partial charge in [-0.2, -0.15) is 0 Å². The molecule has 0 aliphatic rings. The zero-order chi connectivity index (χ0) is 20.1. The van der Waals surface area contributed by atoms with Crippen LogP contribution in [0.5, 0.6) is 0 Å². The molecule has 1 aromatic heterocycles. The lowest BCUT2D eigenvalue weighted by atomic mass is 10.1. The number of benzene rings is 2. The molecule has 0 aliphatic heterocycles. The Morgan fingerprint density at radius 2 is 1.79 bits per heavy atom. The van der Waals surface area contributed by atoms with Gasteiger partial charge in [-0.3, -0.25) is 9.59 Å². The Kier molecular flexibility index (Phi) is 6.09. The Morgan fingerprint density at radius 3 is 2.50 bits per heavy atom. The van der Waals surface area contributed by atoms with Gasteiger partial charge in [0.05, 0.1) is 17.4 Å². The van der Waals surface area contributed by atoms with E-state index in [9.17, 15) is 9.59 Å². The second-order valence-electron chi connectivity index (χ2n) is 7.01. The van der Waals surface area contributed by atoms with E-state index in [-0.39, 0.29) is 23.9 Å². The molecule has 2 atom stereocenters. The summed E-state index contributed by atoms with van der Waals surface area (Å²) in [6, 6.07) is 14.8. The van der Waals surface area contributed by atoms with E-state index in [1.807, 2.05) is 61.7 Å². The molecule has 0 saturated carbocycles. The number of hydrogen-bond acceptors (Lipinski definition) is 3. The fourth-order valence-corrected chi connectivity index (χ4v) is 2.93. The normalized spacial score (nSPS) is 13.1. The van der Waals surface area contributed by atoms with Crippen LogP contribution in [0.1, 0.15) is 49.2 Å². The summed E-state index contributed by atoms with van der Waals surface area (Å²) < 4.78 is 1.87. The molecule has 0 fully saturated rings. The van der Waals surface area contributed by atoms with Crippen molar-refractivity contribution in [2.75, 3.05) is 0 Å². The molecule has 0 spiro atoms. The average Bonchev–Trinajstić information content (AvgIpc) is 3.15. The minimum absolute atomic E-state index is 0.0782. The molecule has 0 aliphatic carbocycles. The Labute approximate surface area is 165 Å². The molecule has 2 N–H and O–H groups in total. The molecule has 2 amide bonds. The number of carbonyl (C=O) groups is 2. The van der Waals surface area contributed by atoms with Crippen molar-refractivity contribution in [1.82, 2.24) is 20.2 Å². The third-order valence-electron chi connectivity index (χ3n) is 4.95. The molecular weight excluding hydrogens is 352 g/mol. The number of hydrogen-bond donors (Lipinski definition) is 2. The van der Waals surface area contributed by atoms with E-state index >= 15 is 0 Å². The molecule has 3 rings (SSSR count). The van der Waals surface area contributed by atoms with Gasteiger partial charge in [0.25, 0.3) is 5.91 Å². The number of fused-ring (bicyclic) bond motifs is 1. The average molecular weight is 378 g/mol. The molecule has 0 radical (unpaired) electrons. The second-order valence-corrected chi connectivity index (χ2v) is 7.01. The van der Waals surface area contributed by atoms with Crippen molar-refractivity contribution in [2.24, 2.45) is 0 Å². The van der Waals surface area contributed by atoms with E-state index < -0.39 is 0 Å². The minimum atomic E-state index is -0.368. The van der Waals surface area contributed by atoms with Crippen LogP contribution in [-0.4, -0.2) is 27.4 Å². The van der Waals surface area contributed by atoms with Gasteiger partial charge < -0.3 is 15.2 Å². The molecule has 28 heavy (non-hydrogen) atoms. The van der Waals surface area contributed by atoms with E-state index in [4.69, 9.17) is 0 Å². The first-order valence-electron chi connectivity index (χ1n) is 9.58. The predicted molar refractivity (Wildman–Crippen MR) is 110 cm³/mol. The van der Waals surface area contributed by atoms with Crippen molar-refractivity contribution in [1.29, 1.82) is 0 Å². The lowest BCUT2D eigenvalue weighted by Crippen LogP contribution is -2.32. The third-order valence-corrected chi connectivity index (χ3v) is 4.95. The van der Waals surface area contributed by atoms with Gasteiger partial charge in [-0.15, -0.1) is 0 Å². The monoisotopic (exact) mass is 378 g/mol. The van der Waals surface area contributed by atoms with Crippen LogP contribution in [-0.2, 0) is 11.3 Å². The first kappa shape index (κ1) is 19.6. The third kappa shape index (κ3) is 4.39. The van der Waals surface area contributed by atoms with Crippen LogP contribution in [0.3, 0.4) is 0 Å². The van der Waals surface area contributed by atoms with Crippen molar-refractivity contribution >= 4 is 22.8 Å². The first-order chi connectivity index (χ1) is 13.5. The summed E-state index contributed by atoms with van der Waals surface area (Å²) in [5.41, 5.74) is 3.36. The van der Waals surface area contributed by atoms with Crippen LogP contribution in [0, 0.1) is 0 Å². The molecule has 6 heteroatoms. The standard InChI is InChI=1S/C22H26N4O2/c1-4-15(2)25-22(28)18-11-9-17(10-12-18)13-23-21(27)16(3)26-14-24-19-7-5-6-8-20(19)26/h5-12,14-16H,4,13H2,1-3H3,(H,23,27)(H,25,28). The maximum atomic E-state index is 12.6. The topological polar surface area (TPSA) is 76.0 Å². The van der Waals surface area contributed by atoms with Gasteiger partial charge in [0.1, 0.15) is 6.04 Å². The van der Waals surface area contributed by atoms with E-state index in [2.05, 4.69) is 15.6 Å². The van der Waals surface area contributed by atoms with Gasteiger partial charge in [0.15, 0.2) is 0 Å². The summed E-state index contributed by atoms with van der Waals surface area (Å²) in [6.45, 7) is 6.27. The van der Waals surface area contributed by atoms with Crippen molar-refractivity contribution < 1.29 is 9.59 Å². The zero-order valence-corrected chi connectivity index (χ0v) is 16.5. The van der Waals surface area contributed by atoms with Crippen molar-refractivity contribution in [2.45, 2.75) is 45.8 Å². The van der Waals surface area contributed by atoms with Crippen LogP contribution in [0.4, 0.5) is 0 Å². The summed E-state index contributed by atoms with van der Waals surface area (Å²) >= 11 is 0. The van der Waals surface area contributed by atoms with Gasteiger partial charge in [0, 0.05) is 18.2 Å². The zero-order valence-electron chi connectivity index (χ0n) is 16.5. The van der Waals surface area contributed by atoms with E-state index in [1.165, 1.54) is 0 Å². The smallest absolute Gasteiger partial charge is 0.251 e. The lowest BCUT2D eigenvalue weighted by molar-refractivity contribution is -0.123. The number of aromatic nitrogens is 2. The van der Waals surface area contributed by atoms with Crippen LogP contribution < -0.4 is 10.6 Å². The Balaban J connectivity index is 1.59. The Bertz CT molecular complexity index is 962. The summed E-state index contributed by atoms with van der Waals surface area (Å²) in [5, 5.41) is 5.90. The van der Waals surface area contributed by atoms with Gasteiger partial charge in [-0.1, -0.05) is 31.2 Å². The van der Waals surface area contributed by atoms with Gasteiger partial charge >= 0.3 is 0 Å². The number of amides is 2. The molecule has 0 bridgehead atoms. The number of para-hydroxylation sites is 2. The Morgan fingerprint density at radius 1 is 1.07 bits per heavy atom. The van der Waals surface area contributed by atoms with Crippen molar-refractivity contribution in [3.05, 3.63) is 66.0 Å².